The molecule has 1 aliphatic heterocycles. The minimum atomic E-state index is 0.538. The second kappa shape index (κ2) is 3.82. The van der Waals surface area contributed by atoms with Crippen LogP contribution in [0.1, 0.15) is 39.5 Å². The number of ether oxygens (including phenoxy) is 1. The molecule has 0 N–H and O–H groups in total. The first-order chi connectivity index (χ1) is 6.61. The fraction of sp³-hybridized carbons (Fsp3) is 1.00. The van der Waals surface area contributed by atoms with Gasteiger partial charge in [0, 0.05) is 19.7 Å². The normalized spacial score (nSPS) is 37.9. The molecule has 0 aromatic heterocycles. The first-order valence-corrected chi connectivity index (χ1v) is 5.87. The Labute approximate surface area is 87.6 Å². The molecule has 2 fully saturated rings. The Morgan fingerprint density at radius 2 is 2.00 bits per heavy atom. The number of nitrogens with zero attached hydrogens (tertiary/aromatic N) is 1. The summed E-state index contributed by atoms with van der Waals surface area (Å²) in [5.74, 6) is 0. The van der Waals surface area contributed by atoms with Gasteiger partial charge in [0.15, 0.2) is 0 Å². The SMILES string of the molecule is COC1CC(N2CCCC(C)(C)C2)C1. The molecule has 2 rings (SSSR count). The highest BCUT2D eigenvalue weighted by Crippen LogP contribution is 2.35. The lowest BCUT2D eigenvalue weighted by molar-refractivity contribution is -0.0476. The standard InChI is InChI=1S/C12H23NO/c1-12(2)5-4-6-13(9-12)10-7-11(8-10)14-3/h10-11H,4-9H2,1-3H3. The van der Waals surface area contributed by atoms with E-state index in [9.17, 15) is 0 Å². The molecule has 1 aliphatic carbocycles. The summed E-state index contributed by atoms with van der Waals surface area (Å²) in [5, 5.41) is 0. The van der Waals surface area contributed by atoms with Gasteiger partial charge in [0.05, 0.1) is 6.10 Å². The lowest BCUT2D eigenvalue weighted by atomic mass is 9.80. The van der Waals surface area contributed by atoms with E-state index in [1.54, 1.807) is 0 Å². The zero-order valence-corrected chi connectivity index (χ0v) is 9.75. The third kappa shape index (κ3) is 2.12. The summed E-state index contributed by atoms with van der Waals surface area (Å²) in [6.45, 7) is 7.38. The van der Waals surface area contributed by atoms with Gasteiger partial charge in [-0.3, -0.25) is 4.90 Å². The van der Waals surface area contributed by atoms with Crippen molar-refractivity contribution in [3.8, 4) is 0 Å². The molecule has 2 aliphatic rings. The Balaban J connectivity index is 1.82. The molecule has 0 radical (unpaired) electrons. The van der Waals surface area contributed by atoms with E-state index in [0.29, 0.717) is 11.5 Å². The number of methoxy groups -OCH3 is 1. The van der Waals surface area contributed by atoms with Crippen LogP contribution in [0.15, 0.2) is 0 Å². The molecular formula is C12H23NO. The zero-order valence-electron chi connectivity index (χ0n) is 9.75. The number of piperidine rings is 1. The van der Waals surface area contributed by atoms with Gasteiger partial charge in [-0.2, -0.15) is 0 Å². The van der Waals surface area contributed by atoms with Crippen molar-refractivity contribution in [3.63, 3.8) is 0 Å². The van der Waals surface area contributed by atoms with Crippen molar-refractivity contribution in [3.05, 3.63) is 0 Å². The Morgan fingerprint density at radius 3 is 2.57 bits per heavy atom. The van der Waals surface area contributed by atoms with Crippen LogP contribution in [-0.4, -0.2) is 37.2 Å². The maximum absolute atomic E-state index is 5.33. The van der Waals surface area contributed by atoms with Gasteiger partial charge in [0.2, 0.25) is 0 Å². The summed E-state index contributed by atoms with van der Waals surface area (Å²) in [5.41, 5.74) is 0.538. The average molecular weight is 197 g/mol. The second-order valence-corrected chi connectivity index (χ2v) is 5.72. The number of rotatable bonds is 2. The van der Waals surface area contributed by atoms with Crippen LogP contribution in [0, 0.1) is 5.41 Å². The minimum Gasteiger partial charge on any atom is -0.381 e. The van der Waals surface area contributed by atoms with E-state index in [1.165, 1.54) is 38.8 Å². The first kappa shape index (κ1) is 10.4. The molecule has 0 bridgehead atoms. The maximum atomic E-state index is 5.33. The molecule has 0 aromatic carbocycles. The van der Waals surface area contributed by atoms with Crippen molar-refractivity contribution in [2.75, 3.05) is 20.2 Å². The monoisotopic (exact) mass is 197 g/mol. The Bertz CT molecular complexity index is 196. The van der Waals surface area contributed by atoms with Gasteiger partial charge in [0.1, 0.15) is 0 Å². The van der Waals surface area contributed by atoms with Crippen LogP contribution >= 0.6 is 0 Å². The van der Waals surface area contributed by atoms with Crippen LogP contribution in [-0.2, 0) is 4.74 Å². The molecule has 14 heavy (non-hydrogen) atoms. The van der Waals surface area contributed by atoms with E-state index in [1.807, 2.05) is 7.11 Å². The van der Waals surface area contributed by atoms with Gasteiger partial charge in [-0.15, -0.1) is 0 Å². The smallest absolute Gasteiger partial charge is 0.0601 e. The molecule has 0 amide bonds. The lowest BCUT2D eigenvalue weighted by Crippen LogP contribution is -2.53. The number of likely N-dealkylation sites (tertiary alicyclic amines) is 1. The summed E-state index contributed by atoms with van der Waals surface area (Å²) in [6, 6.07) is 0.819. The highest BCUT2D eigenvalue weighted by molar-refractivity contribution is 4.92. The molecule has 82 valence electrons. The van der Waals surface area contributed by atoms with Crippen molar-refractivity contribution in [1.82, 2.24) is 4.90 Å². The molecule has 1 saturated heterocycles. The maximum Gasteiger partial charge on any atom is 0.0601 e. The Morgan fingerprint density at radius 1 is 1.29 bits per heavy atom. The van der Waals surface area contributed by atoms with Crippen LogP contribution < -0.4 is 0 Å². The topological polar surface area (TPSA) is 12.5 Å². The van der Waals surface area contributed by atoms with Crippen molar-refractivity contribution >= 4 is 0 Å². The van der Waals surface area contributed by atoms with Crippen LogP contribution in [0.4, 0.5) is 0 Å². The highest BCUT2D eigenvalue weighted by Gasteiger charge is 2.37. The van der Waals surface area contributed by atoms with Crippen LogP contribution in [0.25, 0.3) is 0 Å². The molecule has 0 aromatic rings. The summed E-state index contributed by atoms with van der Waals surface area (Å²) < 4.78 is 5.33. The second-order valence-electron chi connectivity index (χ2n) is 5.72. The number of hydrogen-bond donors (Lipinski definition) is 0. The fourth-order valence-electron chi connectivity index (χ4n) is 2.81. The molecule has 0 spiro atoms. The summed E-state index contributed by atoms with van der Waals surface area (Å²) in [6.07, 6.45) is 5.83. The van der Waals surface area contributed by atoms with E-state index < -0.39 is 0 Å². The predicted molar refractivity (Wildman–Crippen MR) is 58.4 cm³/mol. The Hall–Kier alpha value is -0.0800. The molecule has 2 nitrogen and oxygen atoms in total. The van der Waals surface area contributed by atoms with Gasteiger partial charge >= 0.3 is 0 Å². The zero-order chi connectivity index (χ0) is 10.2. The first-order valence-electron chi connectivity index (χ1n) is 5.87. The highest BCUT2D eigenvalue weighted by atomic mass is 16.5. The van der Waals surface area contributed by atoms with Crippen molar-refractivity contribution in [2.45, 2.75) is 51.7 Å². The van der Waals surface area contributed by atoms with Gasteiger partial charge in [0.25, 0.3) is 0 Å². The molecule has 1 saturated carbocycles. The summed E-state index contributed by atoms with van der Waals surface area (Å²) in [7, 11) is 1.83. The predicted octanol–water partition coefficient (Wildman–Crippen LogP) is 2.29. The minimum absolute atomic E-state index is 0.538. The van der Waals surface area contributed by atoms with Crippen LogP contribution in [0.5, 0.6) is 0 Å². The average Bonchev–Trinajstić information content (AvgIpc) is 2.00. The van der Waals surface area contributed by atoms with Crippen LogP contribution in [0.3, 0.4) is 0 Å². The summed E-state index contributed by atoms with van der Waals surface area (Å²) >= 11 is 0. The molecule has 2 heteroatoms. The fourth-order valence-corrected chi connectivity index (χ4v) is 2.81. The van der Waals surface area contributed by atoms with Gasteiger partial charge in [-0.25, -0.2) is 0 Å². The third-order valence-corrected chi connectivity index (χ3v) is 3.85. The number of hydrogen-bond acceptors (Lipinski definition) is 2. The van der Waals surface area contributed by atoms with Crippen LogP contribution in [0.2, 0.25) is 0 Å². The largest absolute Gasteiger partial charge is 0.381 e. The quantitative estimate of drug-likeness (QED) is 0.673. The lowest BCUT2D eigenvalue weighted by Gasteiger charge is -2.48. The third-order valence-electron chi connectivity index (χ3n) is 3.85. The summed E-state index contributed by atoms with van der Waals surface area (Å²) in [4.78, 5) is 2.68. The van der Waals surface area contributed by atoms with Crippen molar-refractivity contribution in [1.29, 1.82) is 0 Å². The molecule has 0 atom stereocenters. The van der Waals surface area contributed by atoms with Crippen molar-refractivity contribution < 1.29 is 4.74 Å². The van der Waals surface area contributed by atoms with Gasteiger partial charge in [-0.05, 0) is 37.6 Å². The van der Waals surface area contributed by atoms with Gasteiger partial charge < -0.3 is 4.74 Å². The molecule has 0 unspecified atom stereocenters. The van der Waals surface area contributed by atoms with E-state index in [2.05, 4.69) is 18.7 Å². The van der Waals surface area contributed by atoms with E-state index in [0.717, 1.165) is 6.04 Å². The molecule has 1 heterocycles. The van der Waals surface area contributed by atoms with E-state index in [4.69, 9.17) is 4.74 Å². The Kier molecular flexibility index (Phi) is 2.85. The van der Waals surface area contributed by atoms with E-state index >= 15 is 0 Å². The molecular weight excluding hydrogens is 174 g/mol. The van der Waals surface area contributed by atoms with Crippen molar-refractivity contribution in [2.24, 2.45) is 5.41 Å². The van der Waals surface area contributed by atoms with Gasteiger partial charge in [-0.1, -0.05) is 13.8 Å². The van der Waals surface area contributed by atoms with E-state index in [-0.39, 0.29) is 0 Å².